The molecule has 0 aliphatic rings. The van der Waals surface area contributed by atoms with E-state index in [1.165, 1.54) is 0 Å². The van der Waals surface area contributed by atoms with Gasteiger partial charge in [0.25, 0.3) is 0 Å². The molecule has 1 aromatic rings. The van der Waals surface area contributed by atoms with Crippen molar-refractivity contribution in [2.75, 3.05) is 6.54 Å². The number of aliphatic hydroxyl groups is 1. The normalized spacial score (nSPS) is 14.0. The molecule has 0 aliphatic heterocycles. The van der Waals surface area contributed by atoms with E-state index >= 15 is 0 Å². The minimum Gasteiger partial charge on any atom is -0.479 e. The number of carbonyl (C=O) groups is 2. The van der Waals surface area contributed by atoms with Gasteiger partial charge in [-0.05, 0) is 44.9 Å². The standard InChI is InChI=1S/C16H22ClNO5/c1-16(2,3)23-15(22)18-9-11(13(19)14(20)21)8-10-4-6-12(17)7-5-10/h4-7,11,13,19H,8-9H2,1-3H3,(H,18,22)(H,20,21)/t11?,13-/m1/s1. The zero-order valence-electron chi connectivity index (χ0n) is 13.4. The number of halogens is 1. The Hall–Kier alpha value is -1.79. The number of rotatable bonds is 6. The van der Waals surface area contributed by atoms with E-state index in [-0.39, 0.29) is 13.0 Å². The number of aliphatic carboxylic acids is 1. The van der Waals surface area contributed by atoms with Gasteiger partial charge in [0.1, 0.15) is 5.60 Å². The highest BCUT2D eigenvalue weighted by Crippen LogP contribution is 2.16. The van der Waals surface area contributed by atoms with E-state index in [2.05, 4.69) is 5.32 Å². The van der Waals surface area contributed by atoms with Crippen molar-refractivity contribution in [3.8, 4) is 0 Å². The molecular formula is C16H22ClNO5. The summed E-state index contributed by atoms with van der Waals surface area (Å²) in [4.78, 5) is 22.7. The average molecular weight is 344 g/mol. The molecule has 0 fully saturated rings. The van der Waals surface area contributed by atoms with E-state index in [0.717, 1.165) is 5.56 Å². The molecule has 1 amide bonds. The molecule has 23 heavy (non-hydrogen) atoms. The van der Waals surface area contributed by atoms with Crippen LogP contribution in [-0.4, -0.2) is 40.5 Å². The highest BCUT2D eigenvalue weighted by Gasteiger charge is 2.27. The largest absolute Gasteiger partial charge is 0.479 e. The van der Waals surface area contributed by atoms with Gasteiger partial charge in [-0.15, -0.1) is 0 Å². The van der Waals surface area contributed by atoms with Crippen molar-refractivity contribution in [3.05, 3.63) is 34.9 Å². The van der Waals surface area contributed by atoms with Crippen molar-refractivity contribution in [1.29, 1.82) is 0 Å². The van der Waals surface area contributed by atoms with Crippen LogP contribution in [0.25, 0.3) is 0 Å². The molecule has 0 saturated carbocycles. The summed E-state index contributed by atoms with van der Waals surface area (Å²) in [6.45, 7) is 5.16. The van der Waals surface area contributed by atoms with Gasteiger partial charge in [0.2, 0.25) is 0 Å². The van der Waals surface area contributed by atoms with Gasteiger partial charge in [-0.3, -0.25) is 0 Å². The minimum absolute atomic E-state index is 0.0228. The van der Waals surface area contributed by atoms with Crippen LogP contribution < -0.4 is 5.32 Å². The molecule has 0 bridgehead atoms. The summed E-state index contributed by atoms with van der Waals surface area (Å²) in [7, 11) is 0. The summed E-state index contributed by atoms with van der Waals surface area (Å²) in [6.07, 6.45) is -1.97. The van der Waals surface area contributed by atoms with Crippen LogP contribution >= 0.6 is 11.6 Å². The molecule has 1 rings (SSSR count). The van der Waals surface area contributed by atoms with E-state index in [1.807, 2.05) is 0 Å². The molecule has 0 aliphatic carbocycles. The lowest BCUT2D eigenvalue weighted by Crippen LogP contribution is -2.41. The predicted octanol–water partition coefficient (Wildman–Crippen LogP) is 2.47. The van der Waals surface area contributed by atoms with Gasteiger partial charge in [-0.2, -0.15) is 0 Å². The number of nitrogens with one attached hydrogen (secondary N) is 1. The maximum Gasteiger partial charge on any atom is 0.407 e. The molecule has 6 nitrogen and oxygen atoms in total. The number of ether oxygens (including phenoxy) is 1. The van der Waals surface area contributed by atoms with Crippen molar-refractivity contribution in [3.63, 3.8) is 0 Å². The zero-order valence-corrected chi connectivity index (χ0v) is 14.1. The fourth-order valence-electron chi connectivity index (χ4n) is 1.95. The number of hydrogen-bond acceptors (Lipinski definition) is 4. The SMILES string of the molecule is CC(C)(C)OC(=O)NCC(Cc1ccc(Cl)cc1)[C@@H](O)C(=O)O. The first-order valence-electron chi connectivity index (χ1n) is 7.20. The number of amides is 1. The van der Waals surface area contributed by atoms with Crippen LogP contribution in [0.3, 0.4) is 0 Å². The minimum atomic E-state index is -1.60. The van der Waals surface area contributed by atoms with Crippen LogP contribution in [0.1, 0.15) is 26.3 Å². The van der Waals surface area contributed by atoms with Crippen molar-refractivity contribution in [1.82, 2.24) is 5.32 Å². The maximum atomic E-state index is 11.7. The molecule has 1 unspecified atom stereocenters. The number of aliphatic hydroxyl groups excluding tert-OH is 1. The van der Waals surface area contributed by atoms with Crippen LogP contribution in [-0.2, 0) is 16.0 Å². The van der Waals surface area contributed by atoms with Crippen molar-refractivity contribution < 1.29 is 24.5 Å². The Morgan fingerprint density at radius 2 is 1.83 bits per heavy atom. The van der Waals surface area contributed by atoms with Crippen molar-refractivity contribution in [2.45, 2.75) is 38.9 Å². The van der Waals surface area contributed by atoms with Crippen molar-refractivity contribution in [2.24, 2.45) is 5.92 Å². The van der Waals surface area contributed by atoms with Crippen LogP contribution in [0.15, 0.2) is 24.3 Å². The molecule has 7 heteroatoms. The number of carbonyl (C=O) groups excluding carboxylic acids is 1. The summed E-state index contributed by atoms with van der Waals surface area (Å²) >= 11 is 5.81. The topological polar surface area (TPSA) is 95.9 Å². The number of carboxylic acids is 1. The van der Waals surface area contributed by atoms with Crippen LogP contribution in [0, 0.1) is 5.92 Å². The van der Waals surface area contributed by atoms with E-state index in [1.54, 1.807) is 45.0 Å². The Kier molecular flexibility index (Phi) is 6.84. The Morgan fingerprint density at radius 1 is 1.26 bits per heavy atom. The molecule has 128 valence electrons. The van der Waals surface area contributed by atoms with Crippen LogP contribution in [0.4, 0.5) is 4.79 Å². The van der Waals surface area contributed by atoms with E-state index in [4.69, 9.17) is 21.4 Å². The molecule has 2 atom stereocenters. The molecule has 0 saturated heterocycles. The first-order valence-corrected chi connectivity index (χ1v) is 7.58. The number of carboxylic acid groups (broad SMARTS) is 1. The molecule has 0 heterocycles. The average Bonchev–Trinajstić information content (AvgIpc) is 2.42. The number of alkyl carbamates (subject to hydrolysis) is 1. The van der Waals surface area contributed by atoms with E-state index < -0.39 is 29.7 Å². The van der Waals surface area contributed by atoms with Gasteiger partial charge >= 0.3 is 12.1 Å². The second kappa shape index (κ2) is 8.17. The third-order valence-corrected chi connectivity index (χ3v) is 3.27. The second-order valence-electron chi connectivity index (χ2n) is 6.26. The summed E-state index contributed by atoms with van der Waals surface area (Å²) < 4.78 is 5.10. The number of benzene rings is 1. The van der Waals surface area contributed by atoms with Crippen LogP contribution in [0.2, 0.25) is 5.02 Å². The smallest absolute Gasteiger partial charge is 0.407 e. The summed E-state index contributed by atoms with van der Waals surface area (Å²) in [5.74, 6) is -2.03. The third-order valence-electron chi connectivity index (χ3n) is 3.02. The predicted molar refractivity (Wildman–Crippen MR) is 86.5 cm³/mol. The molecular weight excluding hydrogens is 322 g/mol. The van der Waals surface area contributed by atoms with Crippen molar-refractivity contribution >= 4 is 23.7 Å². The lowest BCUT2D eigenvalue weighted by Gasteiger charge is -2.23. The Balaban J connectivity index is 2.71. The lowest BCUT2D eigenvalue weighted by atomic mass is 9.94. The van der Waals surface area contributed by atoms with Gasteiger partial charge in [-0.25, -0.2) is 9.59 Å². The lowest BCUT2D eigenvalue weighted by molar-refractivity contribution is -0.149. The monoisotopic (exact) mass is 343 g/mol. The first-order chi connectivity index (χ1) is 10.6. The van der Waals surface area contributed by atoms with Gasteiger partial charge in [-0.1, -0.05) is 23.7 Å². The van der Waals surface area contributed by atoms with Crippen LogP contribution in [0.5, 0.6) is 0 Å². The summed E-state index contributed by atoms with van der Waals surface area (Å²) in [5.41, 5.74) is 0.159. The van der Waals surface area contributed by atoms with Gasteiger partial charge in [0, 0.05) is 17.5 Å². The fraction of sp³-hybridized carbons (Fsp3) is 0.500. The maximum absolute atomic E-state index is 11.7. The Morgan fingerprint density at radius 3 is 2.30 bits per heavy atom. The fourth-order valence-corrected chi connectivity index (χ4v) is 2.07. The molecule has 0 spiro atoms. The van der Waals surface area contributed by atoms with E-state index in [0.29, 0.717) is 5.02 Å². The quantitative estimate of drug-likeness (QED) is 0.737. The Bertz CT molecular complexity index is 538. The zero-order chi connectivity index (χ0) is 17.6. The third kappa shape index (κ3) is 7.34. The highest BCUT2D eigenvalue weighted by atomic mass is 35.5. The molecule has 3 N–H and O–H groups in total. The van der Waals surface area contributed by atoms with E-state index in [9.17, 15) is 14.7 Å². The molecule has 1 aromatic carbocycles. The first kappa shape index (κ1) is 19.3. The summed E-state index contributed by atoms with van der Waals surface area (Å²) in [6, 6.07) is 6.86. The van der Waals surface area contributed by atoms with Gasteiger partial charge in [0.05, 0.1) is 0 Å². The number of hydrogen-bond donors (Lipinski definition) is 3. The van der Waals surface area contributed by atoms with Gasteiger partial charge < -0.3 is 20.3 Å². The van der Waals surface area contributed by atoms with Gasteiger partial charge in [0.15, 0.2) is 6.10 Å². The molecule has 0 radical (unpaired) electrons. The summed E-state index contributed by atoms with van der Waals surface area (Å²) in [5, 5.41) is 21.9. The second-order valence-corrected chi connectivity index (χ2v) is 6.69. The highest BCUT2D eigenvalue weighted by molar-refractivity contribution is 6.30. The Labute approximate surface area is 140 Å². The molecule has 0 aromatic heterocycles.